The lowest BCUT2D eigenvalue weighted by Gasteiger charge is -2.42. The number of hydrazine groups is 1. The van der Waals surface area contributed by atoms with E-state index in [0.29, 0.717) is 0 Å². The van der Waals surface area contributed by atoms with Crippen LogP contribution < -0.4 is 11.3 Å². The molecule has 1 saturated carbocycles. The number of aryl methyl sites for hydroxylation is 1. The molecular formula is C13H24N4O. The Bertz CT molecular complexity index is 365. The van der Waals surface area contributed by atoms with E-state index in [9.17, 15) is 0 Å². The van der Waals surface area contributed by atoms with Crippen molar-refractivity contribution in [3.05, 3.63) is 18.0 Å². The summed E-state index contributed by atoms with van der Waals surface area (Å²) in [6.45, 7) is 2.77. The molecule has 0 bridgehead atoms. The second-order valence-electron chi connectivity index (χ2n) is 5.04. The van der Waals surface area contributed by atoms with Gasteiger partial charge in [-0.15, -0.1) is 0 Å². The largest absolute Gasteiger partial charge is 0.373 e. The van der Waals surface area contributed by atoms with Gasteiger partial charge in [0.1, 0.15) is 0 Å². The van der Waals surface area contributed by atoms with E-state index >= 15 is 0 Å². The topological polar surface area (TPSA) is 65.1 Å². The molecule has 1 atom stereocenters. The van der Waals surface area contributed by atoms with Crippen molar-refractivity contribution in [2.45, 2.75) is 50.7 Å². The summed E-state index contributed by atoms with van der Waals surface area (Å²) in [5.41, 5.74) is 3.86. The van der Waals surface area contributed by atoms with Crippen molar-refractivity contribution >= 4 is 0 Å². The molecule has 18 heavy (non-hydrogen) atoms. The summed E-state index contributed by atoms with van der Waals surface area (Å²) in [6, 6.07) is 2.02. The second kappa shape index (κ2) is 5.82. The van der Waals surface area contributed by atoms with E-state index in [4.69, 9.17) is 10.6 Å². The van der Waals surface area contributed by atoms with E-state index in [1.165, 1.54) is 19.3 Å². The molecule has 1 aromatic heterocycles. The Balaban J connectivity index is 2.29. The normalized spacial score (nSPS) is 20.8. The van der Waals surface area contributed by atoms with E-state index in [1.54, 1.807) is 0 Å². The van der Waals surface area contributed by atoms with Crippen molar-refractivity contribution in [2.75, 3.05) is 6.61 Å². The minimum absolute atomic E-state index is 0.00486. The average Bonchev–Trinajstić information content (AvgIpc) is 2.78. The zero-order valence-electron chi connectivity index (χ0n) is 11.4. The van der Waals surface area contributed by atoms with Gasteiger partial charge in [0.15, 0.2) is 0 Å². The number of hydrogen-bond donors (Lipinski definition) is 2. The van der Waals surface area contributed by atoms with Gasteiger partial charge >= 0.3 is 0 Å². The van der Waals surface area contributed by atoms with E-state index in [0.717, 1.165) is 25.1 Å². The van der Waals surface area contributed by atoms with Crippen molar-refractivity contribution in [2.24, 2.45) is 12.9 Å². The molecular weight excluding hydrogens is 228 g/mol. The quantitative estimate of drug-likeness (QED) is 0.618. The Morgan fingerprint density at radius 1 is 1.50 bits per heavy atom. The Morgan fingerprint density at radius 2 is 2.22 bits per heavy atom. The number of aromatic nitrogens is 2. The van der Waals surface area contributed by atoms with Gasteiger partial charge in [0, 0.05) is 19.9 Å². The molecule has 1 aromatic rings. The smallest absolute Gasteiger partial charge is 0.0918 e. The summed E-state index contributed by atoms with van der Waals surface area (Å²) in [5.74, 6) is 5.81. The molecule has 0 aliphatic heterocycles. The number of nitrogens with zero attached hydrogens (tertiary/aromatic N) is 2. The molecule has 1 aliphatic rings. The lowest BCUT2D eigenvalue weighted by Crippen LogP contribution is -2.50. The average molecular weight is 252 g/mol. The highest BCUT2D eigenvalue weighted by atomic mass is 16.5. The van der Waals surface area contributed by atoms with Gasteiger partial charge in [0.25, 0.3) is 0 Å². The number of ether oxygens (including phenoxy) is 1. The Labute approximate surface area is 109 Å². The molecule has 1 fully saturated rings. The van der Waals surface area contributed by atoms with Crippen molar-refractivity contribution in [3.8, 4) is 0 Å². The summed E-state index contributed by atoms with van der Waals surface area (Å²) in [6.07, 6.45) is 7.62. The number of nitrogens with one attached hydrogen (secondary N) is 1. The van der Waals surface area contributed by atoms with E-state index in [-0.39, 0.29) is 11.6 Å². The first-order chi connectivity index (χ1) is 8.73. The number of hydrogen-bond acceptors (Lipinski definition) is 4. The lowest BCUT2D eigenvalue weighted by atomic mass is 9.78. The monoisotopic (exact) mass is 252 g/mol. The van der Waals surface area contributed by atoms with Crippen LogP contribution in [0.1, 0.15) is 50.8 Å². The molecule has 2 rings (SSSR count). The van der Waals surface area contributed by atoms with Crippen LogP contribution in [0.3, 0.4) is 0 Å². The molecule has 0 spiro atoms. The number of rotatable bonds is 5. The van der Waals surface area contributed by atoms with Crippen molar-refractivity contribution in [1.82, 2.24) is 15.2 Å². The van der Waals surface area contributed by atoms with Gasteiger partial charge in [-0.25, -0.2) is 5.43 Å². The summed E-state index contributed by atoms with van der Waals surface area (Å²) >= 11 is 0. The van der Waals surface area contributed by atoms with Crippen LogP contribution in [0.5, 0.6) is 0 Å². The van der Waals surface area contributed by atoms with E-state index in [1.807, 2.05) is 30.9 Å². The fourth-order valence-corrected chi connectivity index (χ4v) is 3.13. The Kier molecular flexibility index (Phi) is 4.37. The third-order valence-corrected chi connectivity index (χ3v) is 3.98. The minimum atomic E-state index is -0.185. The van der Waals surface area contributed by atoms with Crippen LogP contribution in [0, 0.1) is 0 Å². The van der Waals surface area contributed by atoms with Crippen LogP contribution in [0.15, 0.2) is 12.3 Å². The third-order valence-electron chi connectivity index (χ3n) is 3.98. The molecule has 1 heterocycles. The highest BCUT2D eigenvalue weighted by Crippen LogP contribution is 2.40. The van der Waals surface area contributed by atoms with Gasteiger partial charge in [0.05, 0.1) is 17.3 Å². The van der Waals surface area contributed by atoms with Crippen LogP contribution in [0.2, 0.25) is 0 Å². The van der Waals surface area contributed by atoms with Gasteiger partial charge in [-0.1, -0.05) is 19.3 Å². The summed E-state index contributed by atoms with van der Waals surface area (Å²) in [7, 11) is 1.95. The fourth-order valence-electron chi connectivity index (χ4n) is 3.13. The summed E-state index contributed by atoms with van der Waals surface area (Å²) in [4.78, 5) is 0. The zero-order chi connectivity index (χ0) is 13.0. The van der Waals surface area contributed by atoms with E-state index < -0.39 is 0 Å². The molecule has 0 saturated heterocycles. The molecule has 3 N–H and O–H groups in total. The first-order valence-corrected chi connectivity index (χ1v) is 6.81. The molecule has 0 amide bonds. The van der Waals surface area contributed by atoms with Crippen molar-refractivity contribution in [1.29, 1.82) is 0 Å². The van der Waals surface area contributed by atoms with Gasteiger partial charge in [-0.2, -0.15) is 5.10 Å². The molecule has 0 radical (unpaired) electrons. The summed E-state index contributed by atoms with van der Waals surface area (Å²) < 4.78 is 7.99. The molecule has 1 unspecified atom stereocenters. The van der Waals surface area contributed by atoms with Crippen LogP contribution in [-0.4, -0.2) is 22.0 Å². The molecule has 5 nitrogen and oxygen atoms in total. The number of nitrogens with two attached hydrogens (primary N) is 1. The van der Waals surface area contributed by atoms with Crippen LogP contribution >= 0.6 is 0 Å². The second-order valence-corrected chi connectivity index (χ2v) is 5.04. The third kappa shape index (κ3) is 2.43. The summed E-state index contributed by atoms with van der Waals surface area (Å²) in [5, 5.41) is 4.24. The predicted octanol–water partition coefficient (Wildman–Crippen LogP) is 1.66. The van der Waals surface area contributed by atoms with Crippen LogP contribution in [0.4, 0.5) is 0 Å². The maximum absolute atomic E-state index is 6.12. The predicted molar refractivity (Wildman–Crippen MR) is 70.7 cm³/mol. The van der Waals surface area contributed by atoms with Crippen LogP contribution in [-0.2, 0) is 11.8 Å². The van der Waals surface area contributed by atoms with Crippen LogP contribution in [0.25, 0.3) is 0 Å². The van der Waals surface area contributed by atoms with Gasteiger partial charge < -0.3 is 4.74 Å². The van der Waals surface area contributed by atoms with Crippen molar-refractivity contribution in [3.63, 3.8) is 0 Å². The highest BCUT2D eigenvalue weighted by molar-refractivity contribution is 5.13. The lowest BCUT2D eigenvalue weighted by molar-refractivity contribution is -0.0928. The van der Waals surface area contributed by atoms with E-state index in [2.05, 4.69) is 10.5 Å². The zero-order valence-corrected chi connectivity index (χ0v) is 11.4. The maximum Gasteiger partial charge on any atom is 0.0918 e. The Hall–Kier alpha value is -0.910. The standard InChI is InChI=1S/C13H24N4O/c1-3-18-13(8-5-4-6-9-13)12(16-14)11-7-10-15-17(11)2/h7,10,12,16H,3-6,8-9,14H2,1-2H3. The molecule has 102 valence electrons. The van der Waals surface area contributed by atoms with Crippen molar-refractivity contribution < 1.29 is 4.74 Å². The molecule has 1 aliphatic carbocycles. The van der Waals surface area contributed by atoms with Gasteiger partial charge in [-0.3, -0.25) is 10.5 Å². The maximum atomic E-state index is 6.12. The Morgan fingerprint density at radius 3 is 2.72 bits per heavy atom. The van der Waals surface area contributed by atoms with Gasteiger partial charge in [-0.05, 0) is 25.8 Å². The molecule has 0 aromatic carbocycles. The fraction of sp³-hybridized carbons (Fsp3) is 0.769. The van der Waals surface area contributed by atoms with Gasteiger partial charge in [0.2, 0.25) is 0 Å². The first kappa shape index (κ1) is 13.5. The minimum Gasteiger partial charge on any atom is -0.373 e. The first-order valence-electron chi connectivity index (χ1n) is 6.81. The SMILES string of the molecule is CCOC1(C(NN)c2ccnn2C)CCCCC1. The highest BCUT2D eigenvalue weighted by Gasteiger charge is 2.42. The molecule has 5 heteroatoms.